The van der Waals surface area contributed by atoms with Crippen LogP contribution in [0.25, 0.3) is 0 Å². The lowest BCUT2D eigenvalue weighted by Crippen LogP contribution is -2.27. The van der Waals surface area contributed by atoms with Crippen LogP contribution in [0.4, 0.5) is 5.69 Å². The number of carbonyl (C=O) groups excluding carboxylic acids is 1. The molecule has 2 N–H and O–H groups in total. The molecule has 0 aliphatic carbocycles. The predicted octanol–water partition coefficient (Wildman–Crippen LogP) is 1.33. The lowest BCUT2D eigenvalue weighted by molar-refractivity contribution is -0.112. The summed E-state index contributed by atoms with van der Waals surface area (Å²) >= 11 is 0. The summed E-state index contributed by atoms with van der Waals surface area (Å²) < 4.78 is 10.0. The molecule has 0 bridgehead atoms. The molecule has 0 spiro atoms. The van der Waals surface area contributed by atoms with Crippen molar-refractivity contribution in [2.24, 2.45) is 0 Å². The fourth-order valence-electron chi connectivity index (χ4n) is 1.87. The van der Waals surface area contributed by atoms with Crippen molar-refractivity contribution in [1.82, 2.24) is 4.90 Å². The third-order valence-corrected chi connectivity index (χ3v) is 3.23. The van der Waals surface area contributed by atoms with Crippen molar-refractivity contribution in [2.45, 2.75) is 0 Å². The fourth-order valence-corrected chi connectivity index (χ4v) is 1.87. The number of nitrogens with zero attached hydrogens (tertiary/aromatic N) is 2. The van der Waals surface area contributed by atoms with Crippen molar-refractivity contribution in [3.63, 3.8) is 0 Å². The Kier molecular flexibility index (Phi) is 8.71. The molecular weight excluding hydrogens is 326 g/mol. The van der Waals surface area contributed by atoms with Crippen LogP contribution in [0.15, 0.2) is 36.0 Å². The van der Waals surface area contributed by atoms with E-state index in [-0.39, 0.29) is 11.1 Å². The highest BCUT2D eigenvalue weighted by Crippen LogP contribution is 2.11. The van der Waals surface area contributed by atoms with Gasteiger partial charge in [0.1, 0.15) is 11.6 Å². The van der Waals surface area contributed by atoms with Crippen molar-refractivity contribution in [3.05, 3.63) is 41.6 Å². The summed E-state index contributed by atoms with van der Waals surface area (Å²) in [5, 5.41) is 20.7. The molecule has 1 aromatic carbocycles. The minimum Gasteiger partial charge on any atom is -0.478 e. The van der Waals surface area contributed by atoms with E-state index in [1.807, 2.05) is 6.07 Å². The van der Waals surface area contributed by atoms with Crippen LogP contribution >= 0.6 is 0 Å². The summed E-state index contributed by atoms with van der Waals surface area (Å²) in [6.45, 7) is 1.89. The first kappa shape index (κ1) is 20.2. The lowest BCUT2D eigenvalue weighted by Gasteiger charge is -2.20. The van der Waals surface area contributed by atoms with E-state index >= 15 is 0 Å². The Hall–Kier alpha value is -2.89. The van der Waals surface area contributed by atoms with E-state index < -0.39 is 11.9 Å². The van der Waals surface area contributed by atoms with Gasteiger partial charge in [-0.05, 0) is 24.3 Å². The normalized spacial score (nSPS) is 10.8. The maximum absolute atomic E-state index is 12.2. The number of rotatable bonds is 10. The SMILES string of the molecule is COCCN(/C=C(/C#N)C(=O)Nc1ccc(C(=O)O)cc1)CCOC. The molecule has 8 heteroatoms. The molecule has 0 aliphatic rings. The molecule has 0 saturated heterocycles. The zero-order valence-corrected chi connectivity index (χ0v) is 14.2. The Bertz CT molecular complexity index is 641. The molecule has 1 amide bonds. The number of anilines is 1. The van der Waals surface area contributed by atoms with E-state index in [9.17, 15) is 14.9 Å². The average molecular weight is 347 g/mol. The van der Waals surface area contributed by atoms with Crippen LogP contribution in [0.1, 0.15) is 10.4 Å². The summed E-state index contributed by atoms with van der Waals surface area (Å²) in [6.07, 6.45) is 1.46. The van der Waals surface area contributed by atoms with Gasteiger partial charge in [-0.15, -0.1) is 0 Å². The molecule has 134 valence electrons. The number of nitrogens with one attached hydrogen (secondary N) is 1. The molecule has 0 fully saturated rings. The summed E-state index contributed by atoms with van der Waals surface area (Å²) in [6, 6.07) is 7.54. The van der Waals surface area contributed by atoms with Gasteiger partial charge in [-0.25, -0.2) is 4.79 Å². The zero-order chi connectivity index (χ0) is 18.7. The molecule has 0 unspecified atom stereocenters. The van der Waals surface area contributed by atoms with Crippen molar-refractivity contribution in [2.75, 3.05) is 45.8 Å². The van der Waals surface area contributed by atoms with Gasteiger partial charge in [0.2, 0.25) is 0 Å². The van der Waals surface area contributed by atoms with E-state index in [0.29, 0.717) is 32.0 Å². The monoisotopic (exact) mass is 347 g/mol. The summed E-state index contributed by atoms with van der Waals surface area (Å²) in [4.78, 5) is 24.8. The molecule has 0 radical (unpaired) electrons. The van der Waals surface area contributed by atoms with E-state index in [0.717, 1.165) is 0 Å². The number of carbonyl (C=O) groups is 2. The van der Waals surface area contributed by atoms with E-state index in [2.05, 4.69) is 5.32 Å². The Morgan fingerprint density at radius 2 is 1.76 bits per heavy atom. The van der Waals surface area contributed by atoms with Crippen molar-refractivity contribution < 1.29 is 24.2 Å². The van der Waals surface area contributed by atoms with Crippen molar-refractivity contribution in [3.8, 4) is 6.07 Å². The quantitative estimate of drug-likeness (QED) is 0.485. The van der Waals surface area contributed by atoms with Gasteiger partial charge in [-0.2, -0.15) is 5.26 Å². The van der Waals surface area contributed by atoms with Crippen LogP contribution in [0.5, 0.6) is 0 Å². The van der Waals surface area contributed by atoms with E-state index in [4.69, 9.17) is 14.6 Å². The number of hydrogen-bond donors (Lipinski definition) is 2. The molecule has 0 saturated carbocycles. The minimum atomic E-state index is -1.05. The fraction of sp³-hybridized carbons (Fsp3) is 0.353. The van der Waals surface area contributed by atoms with Crippen LogP contribution in [-0.2, 0) is 14.3 Å². The topological polar surface area (TPSA) is 112 Å². The number of benzene rings is 1. The van der Waals surface area contributed by atoms with Gasteiger partial charge in [-0.1, -0.05) is 0 Å². The molecule has 0 atom stereocenters. The van der Waals surface area contributed by atoms with Gasteiger partial charge < -0.3 is 24.8 Å². The molecule has 0 aromatic heterocycles. The highest BCUT2D eigenvalue weighted by Gasteiger charge is 2.12. The predicted molar refractivity (Wildman–Crippen MR) is 91.1 cm³/mol. The molecule has 25 heavy (non-hydrogen) atoms. The molecule has 0 aliphatic heterocycles. The molecule has 1 rings (SSSR count). The number of methoxy groups -OCH3 is 2. The number of aromatic carboxylic acids is 1. The molecular formula is C17H21N3O5. The number of carboxylic acid groups (broad SMARTS) is 1. The highest BCUT2D eigenvalue weighted by molar-refractivity contribution is 6.06. The lowest BCUT2D eigenvalue weighted by atomic mass is 10.2. The van der Waals surface area contributed by atoms with Gasteiger partial charge in [-0.3, -0.25) is 4.79 Å². The second-order valence-electron chi connectivity index (χ2n) is 5.01. The number of nitriles is 1. The third kappa shape index (κ3) is 7.03. The molecule has 0 heterocycles. The maximum atomic E-state index is 12.2. The first-order chi connectivity index (χ1) is 12.0. The summed E-state index contributed by atoms with van der Waals surface area (Å²) in [5.74, 6) is -1.63. The number of ether oxygens (including phenoxy) is 2. The number of hydrogen-bond acceptors (Lipinski definition) is 6. The maximum Gasteiger partial charge on any atom is 0.335 e. The van der Waals surface area contributed by atoms with Gasteiger partial charge in [0.25, 0.3) is 5.91 Å². The van der Waals surface area contributed by atoms with E-state index in [1.165, 1.54) is 30.5 Å². The number of amides is 1. The van der Waals surface area contributed by atoms with Gasteiger partial charge in [0, 0.05) is 39.2 Å². The smallest absolute Gasteiger partial charge is 0.335 e. The van der Waals surface area contributed by atoms with Crippen LogP contribution in [-0.4, -0.2) is 62.4 Å². The van der Waals surface area contributed by atoms with E-state index in [1.54, 1.807) is 19.1 Å². The molecule has 1 aromatic rings. The standard InChI is InChI=1S/C17H21N3O5/c1-24-9-7-20(8-10-25-2)12-14(11-18)16(21)19-15-5-3-13(4-6-15)17(22)23/h3-6,12H,7-10H2,1-2H3,(H,19,21)(H,22,23)/b14-12-. The summed E-state index contributed by atoms with van der Waals surface area (Å²) in [7, 11) is 3.13. The largest absolute Gasteiger partial charge is 0.478 e. The first-order valence-corrected chi connectivity index (χ1v) is 7.50. The van der Waals surface area contributed by atoms with Crippen LogP contribution in [0.2, 0.25) is 0 Å². The van der Waals surface area contributed by atoms with Gasteiger partial charge in [0.15, 0.2) is 0 Å². The Morgan fingerprint density at radius 3 is 2.20 bits per heavy atom. The van der Waals surface area contributed by atoms with Gasteiger partial charge >= 0.3 is 5.97 Å². The Labute approximate surface area is 146 Å². The summed E-state index contributed by atoms with van der Waals surface area (Å²) in [5.41, 5.74) is 0.436. The number of carboxylic acids is 1. The first-order valence-electron chi connectivity index (χ1n) is 7.50. The van der Waals surface area contributed by atoms with Crippen molar-refractivity contribution in [1.29, 1.82) is 5.26 Å². The second kappa shape index (κ2) is 10.8. The highest BCUT2D eigenvalue weighted by atomic mass is 16.5. The van der Waals surface area contributed by atoms with Crippen LogP contribution in [0, 0.1) is 11.3 Å². The Balaban J connectivity index is 2.82. The third-order valence-electron chi connectivity index (χ3n) is 3.23. The van der Waals surface area contributed by atoms with Crippen LogP contribution < -0.4 is 5.32 Å². The second-order valence-corrected chi connectivity index (χ2v) is 5.01. The average Bonchev–Trinajstić information content (AvgIpc) is 2.61. The Morgan fingerprint density at radius 1 is 1.20 bits per heavy atom. The van der Waals surface area contributed by atoms with Crippen LogP contribution in [0.3, 0.4) is 0 Å². The molecule has 8 nitrogen and oxygen atoms in total. The minimum absolute atomic E-state index is 0.0745. The van der Waals surface area contributed by atoms with Crippen molar-refractivity contribution >= 4 is 17.6 Å². The van der Waals surface area contributed by atoms with Gasteiger partial charge in [0.05, 0.1) is 18.8 Å². The zero-order valence-electron chi connectivity index (χ0n) is 14.2.